The van der Waals surface area contributed by atoms with Gasteiger partial charge in [0.2, 0.25) is 5.72 Å². The zero-order valence-electron chi connectivity index (χ0n) is 17.1. The highest BCUT2D eigenvalue weighted by Gasteiger charge is 2.49. The molecule has 6 nitrogen and oxygen atoms in total. The van der Waals surface area contributed by atoms with Gasteiger partial charge < -0.3 is 4.74 Å². The van der Waals surface area contributed by atoms with E-state index >= 15 is 0 Å². The van der Waals surface area contributed by atoms with Crippen molar-refractivity contribution in [1.29, 1.82) is 0 Å². The van der Waals surface area contributed by atoms with E-state index < -0.39 is 5.72 Å². The first kappa shape index (κ1) is 19.8. The van der Waals surface area contributed by atoms with Crippen molar-refractivity contribution in [2.75, 3.05) is 0 Å². The molecule has 0 saturated carbocycles. The molecule has 2 aliphatic heterocycles. The van der Waals surface area contributed by atoms with E-state index in [1.54, 1.807) is 12.1 Å². The van der Waals surface area contributed by atoms with Gasteiger partial charge in [0, 0.05) is 41.1 Å². The average molecular weight is 478 g/mol. The van der Waals surface area contributed by atoms with Gasteiger partial charge in [-0.15, -0.1) is 0 Å². The molecule has 0 unspecified atom stereocenters. The number of benzene rings is 3. The maximum absolute atomic E-state index is 11.4. The number of nitro groups is 1. The van der Waals surface area contributed by atoms with Crippen LogP contribution in [0.25, 0.3) is 0 Å². The molecule has 7 heteroatoms. The van der Waals surface area contributed by atoms with Gasteiger partial charge >= 0.3 is 0 Å². The van der Waals surface area contributed by atoms with Crippen LogP contribution < -0.4 is 4.74 Å². The summed E-state index contributed by atoms with van der Waals surface area (Å²) in [6.45, 7) is 3.98. The second-order valence-electron chi connectivity index (χ2n) is 8.05. The molecule has 0 radical (unpaired) electrons. The van der Waals surface area contributed by atoms with Crippen molar-refractivity contribution in [3.05, 3.63) is 104 Å². The number of aryl methyl sites for hydroxylation is 1. The first-order valence-electron chi connectivity index (χ1n) is 10.0. The topological polar surface area (TPSA) is 68.0 Å². The molecule has 3 aromatic carbocycles. The molecular formula is C24H20BrN3O3. The summed E-state index contributed by atoms with van der Waals surface area (Å²) < 4.78 is 7.46. The minimum Gasteiger partial charge on any atom is -0.462 e. The van der Waals surface area contributed by atoms with E-state index in [1.807, 2.05) is 30.1 Å². The van der Waals surface area contributed by atoms with E-state index in [-0.39, 0.29) is 16.7 Å². The van der Waals surface area contributed by atoms with Crippen LogP contribution in [0.4, 0.5) is 5.69 Å². The number of hydrogen-bond donors (Lipinski definition) is 0. The molecule has 2 heterocycles. The molecule has 0 saturated heterocycles. The molecular weight excluding hydrogens is 458 g/mol. The van der Waals surface area contributed by atoms with E-state index in [4.69, 9.17) is 9.84 Å². The summed E-state index contributed by atoms with van der Waals surface area (Å²) in [5, 5.41) is 18.3. The molecule has 0 amide bonds. The molecule has 0 spiro atoms. The lowest BCUT2D eigenvalue weighted by Gasteiger charge is -2.46. The third kappa shape index (κ3) is 3.29. The highest BCUT2D eigenvalue weighted by Crippen LogP contribution is 2.51. The first-order valence-corrected chi connectivity index (χ1v) is 10.8. The first-order chi connectivity index (χ1) is 14.8. The molecule has 0 aromatic heterocycles. The fourth-order valence-corrected chi connectivity index (χ4v) is 4.68. The summed E-state index contributed by atoms with van der Waals surface area (Å²) in [4.78, 5) is 11.0. The predicted molar refractivity (Wildman–Crippen MR) is 122 cm³/mol. The van der Waals surface area contributed by atoms with Gasteiger partial charge in [-0.05, 0) is 30.7 Å². The number of halogens is 1. The summed E-state index contributed by atoms with van der Waals surface area (Å²) in [5.41, 5.74) is 4.01. The quantitative estimate of drug-likeness (QED) is 0.338. The Bertz CT molecular complexity index is 1220. The lowest BCUT2D eigenvalue weighted by Crippen LogP contribution is -2.48. The summed E-state index contributed by atoms with van der Waals surface area (Å²) in [5.74, 6) is 0.763. The van der Waals surface area contributed by atoms with Crippen LogP contribution in [-0.2, 0) is 5.72 Å². The second kappa shape index (κ2) is 7.20. The van der Waals surface area contributed by atoms with Crippen LogP contribution in [-0.4, -0.2) is 15.6 Å². The Labute approximate surface area is 188 Å². The highest BCUT2D eigenvalue weighted by atomic mass is 79.9. The molecule has 0 aliphatic carbocycles. The fraction of sp³-hybridized carbons (Fsp3) is 0.208. The van der Waals surface area contributed by atoms with Crippen molar-refractivity contribution in [3.63, 3.8) is 0 Å². The normalized spacial score (nSPS) is 21.7. The van der Waals surface area contributed by atoms with Gasteiger partial charge in [-0.25, -0.2) is 5.01 Å². The van der Waals surface area contributed by atoms with Crippen LogP contribution in [0.2, 0.25) is 0 Å². The number of nitro benzene ring substituents is 1. The molecule has 5 rings (SSSR count). The van der Waals surface area contributed by atoms with Crippen molar-refractivity contribution in [3.8, 4) is 5.75 Å². The van der Waals surface area contributed by atoms with Crippen LogP contribution in [0, 0.1) is 17.0 Å². The fourth-order valence-electron chi connectivity index (χ4n) is 4.30. The van der Waals surface area contributed by atoms with E-state index in [9.17, 15) is 10.1 Å². The van der Waals surface area contributed by atoms with Crippen molar-refractivity contribution in [2.45, 2.75) is 32.0 Å². The smallest absolute Gasteiger partial charge is 0.269 e. The van der Waals surface area contributed by atoms with E-state index in [2.05, 4.69) is 53.2 Å². The minimum absolute atomic E-state index is 0.0300. The highest BCUT2D eigenvalue weighted by molar-refractivity contribution is 9.10. The lowest BCUT2D eigenvalue weighted by molar-refractivity contribution is -0.385. The van der Waals surface area contributed by atoms with Crippen LogP contribution in [0.3, 0.4) is 0 Å². The largest absolute Gasteiger partial charge is 0.462 e. The van der Waals surface area contributed by atoms with Gasteiger partial charge in [0.05, 0.1) is 16.7 Å². The molecule has 2 atom stereocenters. The Morgan fingerprint density at radius 3 is 2.68 bits per heavy atom. The maximum atomic E-state index is 11.4. The van der Waals surface area contributed by atoms with Crippen LogP contribution >= 0.6 is 15.9 Å². The summed E-state index contributed by atoms with van der Waals surface area (Å²) in [6, 6.07) is 20.8. The summed E-state index contributed by atoms with van der Waals surface area (Å²) >= 11 is 3.57. The Morgan fingerprint density at radius 1 is 1.16 bits per heavy atom. The lowest BCUT2D eigenvalue weighted by atomic mass is 9.92. The van der Waals surface area contributed by atoms with Crippen molar-refractivity contribution in [1.82, 2.24) is 5.01 Å². The number of ether oxygens (including phenoxy) is 1. The number of hydrazone groups is 1. The Kier molecular flexibility index (Phi) is 4.59. The number of fused-ring (bicyclic) bond motifs is 3. The maximum Gasteiger partial charge on any atom is 0.269 e. The van der Waals surface area contributed by atoms with Gasteiger partial charge in [-0.3, -0.25) is 10.1 Å². The second-order valence-corrected chi connectivity index (χ2v) is 8.97. The zero-order chi connectivity index (χ0) is 21.8. The van der Waals surface area contributed by atoms with Gasteiger partial charge in [0.15, 0.2) is 0 Å². The average Bonchev–Trinajstić information content (AvgIpc) is 3.22. The minimum atomic E-state index is -0.982. The van der Waals surface area contributed by atoms with Crippen LogP contribution in [0.1, 0.15) is 41.6 Å². The molecule has 156 valence electrons. The Morgan fingerprint density at radius 2 is 1.94 bits per heavy atom. The molecule has 31 heavy (non-hydrogen) atoms. The van der Waals surface area contributed by atoms with Gasteiger partial charge in [0.25, 0.3) is 5.69 Å². The Balaban J connectivity index is 1.66. The molecule has 0 fully saturated rings. The predicted octanol–water partition coefficient (Wildman–Crippen LogP) is 6.08. The van der Waals surface area contributed by atoms with Crippen LogP contribution in [0.15, 0.2) is 76.3 Å². The van der Waals surface area contributed by atoms with Crippen LogP contribution in [0.5, 0.6) is 5.75 Å². The standard InChI is InChI=1S/C24H20BrN3O3/c1-15-6-8-16(9-7-15)21-14-22-20-13-18(25)10-11-23(20)31-24(2,27(22)26-21)17-4-3-5-19(12-17)28(29)30/h3-13,22H,14H2,1-2H3/t22-,24+/m1/s1. The molecule has 0 bridgehead atoms. The number of hydrogen-bond acceptors (Lipinski definition) is 5. The zero-order valence-corrected chi connectivity index (χ0v) is 18.7. The summed E-state index contributed by atoms with van der Waals surface area (Å²) in [7, 11) is 0. The third-order valence-corrected chi connectivity index (χ3v) is 6.46. The van der Waals surface area contributed by atoms with E-state index in [1.165, 1.54) is 11.6 Å². The van der Waals surface area contributed by atoms with E-state index in [0.29, 0.717) is 5.56 Å². The van der Waals surface area contributed by atoms with Gasteiger partial charge in [0.1, 0.15) is 5.75 Å². The molecule has 2 aliphatic rings. The van der Waals surface area contributed by atoms with Gasteiger partial charge in [-0.2, -0.15) is 5.10 Å². The van der Waals surface area contributed by atoms with Crippen molar-refractivity contribution >= 4 is 27.3 Å². The van der Waals surface area contributed by atoms with Gasteiger partial charge in [-0.1, -0.05) is 57.9 Å². The SMILES string of the molecule is Cc1ccc(C2=NN3[C@H](C2)c2cc(Br)ccc2O[C@@]3(C)c2cccc([N+](=O)[O-])c2)cc1. The Hall–Kier alpha value is -3.19. The molecule has 3 aromatic rings. The third-order valence-electron chi connectivity index (χ3n) is 5.96. The number of rotatable bonds is 3. The monoisotopic (exact) mass is 477 g/mol. The van der Waals surface area contributed by atoms with Crippen molar-refractivity contribution < 1.29 is 9.66 Å². The summed E-state index contributed by atoms with van der Waals surface area (Å²) in [6.07, 6.45) is 0.723. The van der Waals surface area contributed by atoms with Crippen molar-refractivity contribution in [2.24, 2.45) is 5.10 Å². The molecule has 0 N–H and O–H groups in total. The number of non-ortho nitro benzene ring substituents is 1. The number of nitrogens with zero attached hydrogens (tertiary/aromatic N) is 3. The van der Waals surface area contributed by atoms with E-state index in [0.717, 1.165) is 33.5 Å².